The van der Waals surface area contributed by atoms with Crippen molar-refractivity contribution in [2.24, 2.45) is 0 Å². The van der Waals surface area contributed by atoms with E-state index in [2.05, 4.69) is 0 Å². The van der Waals surface area contributed by atoms with Crippen molar-refractivity contribution in [3.63, 3.8) is 0 Å². The van der Waals surface area contributed by atoms with Crippen LogP contribution in [0.4, 0.5) is 4.39 Å². The minimum atomic E-state index is -0.918. The molecule has 0 aromatic carbocycles. The summed E-state index contributed by atoms with van der Waals surface area (Å²) in [6, 6.07) is 0. The fourth-order valence-corrected chi connectivity index (χ4v) is 1.59. The van der Waals surface area contributed by atoms with E-state index in [9.17, 15) is 4.39 Å². The lowest BCUT2D eigenvalue weighted by atomic mass is 10.8. The third-order valence-electron chi connectivity index (χ3n) is 0.889. The van der Waals surface area contributed by atoms with Gasteiger partial charge < -0.3 is 0 Å². The molecule has 0 fully saturated rings. The maximum absolute atomic E-state index is 11.6. The zero-order chi connectivity index (χ0) is 7.33. The van der Waals surface area contributed by atoms with Gasteiger partial charge in [0.05, 0.1) is 6.33 Å². The van der Waals surface area contributed by atoms with Crippen molar-refractivity contribution < 1.29 is 4.39 Å². The van der Waals surface area contributed by atoms with Crippen molar-refractivity contribution in [3.8, 4) is 0 Å². The Morgan fingerprint density at radius 3 is 2.11 bits per heavy atom. The van der Waals surface area contributed by atoms with Gasteiger partial charge in [-0.25, -0.2) is 14.4 Å². The van der Waals surface area contributed by atoms with Crippen LogP contribution in [0.3, 0.4) is 0 Å². The van der Waals surface area contributed by atoms with Gasteiger partial charge in [-0.2, -0.15) is 0 Å². The predicted molar refractivity (Wildman–Crippen MR) is 44.5 cm³/mol. The third-order valence-corrected chi connectivity index (χ3v) is 2.67. The molecule has 0 aliphatic rings. The third kappa shape index (κ3) is 4.28. The predicted octanol–water partition coefficient (Wildman–Crippen LogP) is 3.02. The van der Waals surface area contributed by atoms with Crippen LogP contribution in [0, 0.1) is 0 Å². The molecule has 0 heterocycles. The van der Waals surface area contributed by atoms with E-state index in [1.807, 2.05) is 30.9 Å². The SMILES string of the molecule is CC=CS(C)(C)/C=C/F. The van der Waals surface area contributed by atoms with Gasteiger partial charge in [-0.3, -0.25) is 0 Å². The molecule has 0 saturated carbocycles. The minimum absolute atomic E-state index is 0.620. The average Bonchev–Trinajstić information content (AvgIpc) is 1.64. The van der Waals surface area contributed by atoms with E-state index >= 15 is 0 Å². The van der Waals surface area contributed by atoms with Crippen LogP contribution in [0.2, 0.25) is 0 Å². The molecule has 0 aliphatic heterocycles. The second-order valence-electron chi connectivity index (χ2n) is 2.22. The Morgan fingerprint density at radius 1 is 1.22 bits per heavy atom. The molecule has 9 heavy (non-hydrogen) atoms. The molecule has 0 unspecified atom stereocenters. The first-order valence-corrected chi connectivity index (χ1v) is 5.33. The first kappa shape index (κ1) is 8.76. The summed E-state index contributed by atoms with van der Waals surface area (Å²) in [6.45, 7) is 1.95. The molecule has 0 amide bonds. The normalized spacial score (nSPS) is 15.6. The number of hydrogen-bond acceptors (Lipinski definition) is 0. The Balaban J connectivity index is 4.01. The molecule has 0 saturated heterocycles. The van der Waals surface area contributed by atoms with Crippen LogP contribution in [0.5, 0.6) is 0 Å². The highest BCUT2D eigenvalue weighted by Gasteiger charge is 1.99. The Labute approximate surface area is 57.8 Å². The highest BCUT2D eigenvalue weighted by molar-refractivity contribution is 8.37. The number of halogens is 1. The quantitative estimate of drug-likeness (QED) is 0.564. The van der Waals surface area contributed by atoms with Gasteiger partial charge in [-0.1, -0.05) is 6.08 Å². The van der Waals surface area contributed by atoms with Gasteiger partial charge >= 0.3 is 0 Å². The second-order valence-corrected chi connectivity index (χ2v) is 5.74. The van der Waals surface area contributed by atoms with Crippen LogP contribution in [0.15, 0.2) is 23.2 Å². The lowest BCUT2D eigenvalue weighted by Crippen LogP contribution is -1.81. The van der Waals surface area contributed by atoms with Gasteiger partial charge in [0.15, 0.2) is 0 Å². The van der Waals surface area contributed by atoms with Crippen LogP contribution < -0.4 is 0 Å². The van der Waals surface area contributed by atoms with E-state index in [1.54, 1.807) is 5.41 Å². The van der Waals surface area contributed by atoms with E-state index in [1.165, 1.54) is 0 Å². The summed E-state index contributed by atoms with van der Waals surface area (Å²) in [5.41, 5.74) is 0. The maximum Gasteiger partial charge on any atom is 0.0917 e. The zero-order valence-corrected chi connectivity index (χ0v) is 6.91. The Morgan fingerprint density at radius 2 is 1.78 bits per heavy atom. The van der Waals surface area contributed by atoms with Gasteiger partial charge in [0.1, 0.15) is 0 Å². The molecular weight excluding hydrogens is 135 g/mol. The molecule has 0 aliphatic carbocycles. The molecule has 0 aromatic heterocycles. The Hall–Kier alpha value is -0.240. The van der Waals surface area contributed by atoms with E-state index < -0.39 is 10.0 Å². The fourth-order valence-electron chi connectivity index (χ4n) is 0.529. The first-order chi connectivity index (χ1) is 4.12. The van der Waals surface area contributed by atoms with Crippen LogP contribution in [0.1, 0.15) is 6.92 Å². The van der Waals surface area contributed by atoms with Crippen molar-refractivity contribution in [1.82, 2.24) is 0 Å². The Kier molecular flexibility index (Phi) is 3.62. The molecule has 0 rings (SSSR count). The lowest BCUT2D eigenvalue weighted by molar-refractivity contribution is 0.723. The molecule has 0 N–H and O–H groups in total. The number of hydrogen-bond donors (Lipinski definition) is 0. The summed E-state index contributed by atoms with van der Waals surface area (Å²) in [5, 5.41) is 3.64. The van der Waals surface area contributed by atoms with Crippen molar-refractivity contribution in [2.45, 2.75) is 6.92 Å². The van der Waals surface area contributed by atoms with E-state index in [0.717, 1.165) is 0 Å². The van der Waals surface area contributed by atoms with E-state index in [0.29, 0.717) is 6.33 Å². The molecule has 0 aromatic rings. The largest absolute Gasteiger partial charge is 0.215 e. The molecule has 0 radical (unpaired) electrons. The molecule has 0 bridgehead atoms. The average molecular weight is 148 g/mol. The Bertz CT molecular complexity index is 111. The highest BCUT2D eigenvalue weighted by Crippen LogP contribution is 2.42. The summed E-state index contributed by atoms with van der Waals surface area (Å²) in [5.74, 6) is 0. The molecule has 0 spiro atoms. The van der Waals surface area contributed by atoms with E-state index in [-0.39, 0.29) is 0 Å². The summed E-state index contributed by atoms with van der Waals surface area (Å²) >= 11 is 0. The number of rotatable bonds is 2. The van der Waals surface area contributed by atoms with Crippen molar-refractivity contribution in [1.29, 1.82) is 0 Å². The first-order valence-electron chi connectivity index (χ1n) is 2.75. The summed E-state index contributed by atoms with van der Waals surface area (Å²) in [6.07, 6.45) is 6.64. The van der Waals surface area contributed by atoms with Crippen LogP contribution in [0.25, 0.3) is 0 Å². The smallest absolute Gasteiger partial charge is 0.0917 e. The van der Waals surface area contributed by atoms with Crippen LogP contribution >= 0.6 is 10.0 Å². The van der Waals surface area contributed by atoms with Gasteiger partial charge in [-0.05, 0) is 30.3 Å². The van der Waals surface area contributed by atoms with Crippen molar-refractivity contribution >= 4 is 10.0 Å². The molecular formula is C7H13FS. The highest BCUT2D eigenvalue weighted by atomic mass is 32.3. The maximum atomic E-state index is 11.6. The summed E-state index contributed by atoms with van der Waals surface area (Å²) in [7, 11) is -0.918. The van der Waals surface area contributed by atoms with Gasteiger partial charge in [0.2, 0.25) is 0 Å². The van der Waals surface area contributed by atoms with Gasteiger partial charge in [-0.15, -0.1) is 0 Å². The van der Waals surface area contributed by atoms with Crippen molar-refractivity contribution in [3.05, 3.63) is 23.2 Å². The van der Waals surface area contributed by atoms with Crippen molar-refractivity contribution in [2.75, 3.05) is 12.5 Å². The van der Waals surface area contributed by atoms with E-state index in [4.69, 9.17) is 0 Å². The summed E-state index contributed by atoms with van der Waals surface area (Å²) in [4.78, 5) is 0. The lowest BCUT2D eigenvalue weighted by Gasteiger charge is -2.19. The molecule has 54 valence electrons. The van der Waals surface area contributed by atoms with Crippen LogP contribution in [-0.4, -0.2) is 12.5 Å². The topological polar surface area (TPSA) is 0 Å². The molecule has 0 nitrogen and oxygen atoms in total. The number of allylic oxidation sites excluding steroid dienone is 1. The van der Waals surface area contributed by atoms with Crippen LogP contribution in [-0.2, 0) is 0 Å². The van der Waals surface area contributed by atoms with Gasteiger partial charge in [0.25, 0.3) is 0 Å². The second kappa shape index (κ2) is 3.72. The molecule has 2 heteroatoms. The van der Waals surface area contributed by atoms with Gasteiger partial charge in [0, 0.05) is 0 Å². The molecule has 0 atom stereocenters. The summed E-state index contributed by atoms with van der Waals surface area (Å²) < 4.78 is 11.6. The standard InChI is InChI=1S/C7H13FS/c1-4-6-9(2,3)7-5-8/h4-7H,1-3H3/b6-4?,7-5+. The monoisotopic (exact) mass is 148 g/mol. The zero-order valence-electron chi connectivity index (χ0n) is 6.10. The minimum Gasteiger partial charge on any atom is -0.215 e. The fraction of sp³-hybridized carbons (Fsp3) is 0.429.